The molecule has 0 aromatic heterocycles. The number of hydrogen-bond acceptors (Lipinski definition) is 4. The van der Waals surface area contributed by atoms with Crippen LogP contribution in [-0.4, -0.2) is 34.4 Å². The van der Waals surface area contributed by atoms with Gasteiger partial charge in [0.1, 0.15) is 5.60 Å². The number of halogens is 1. The highest BCUT2D eigenvalue weighted by atomic mass is 127. The summed E-state index contributed by atoms with van der Waals surface area (Å²) >= 11 is 1.95. The minimum Gasteiger partial charge on any atom is -0.469 e. The first-order valence-corrected chi connectivity index (χ1v) is 10.6. The van der Waals surface area contributed by atoms with Gasteiger partial charge in [0.25, 0.3) is 0 Å². The highest BCUT2D eigenvalue weighted by molar-refractivity contribution is 14.1. The molecule has 0 aliphatic heterocycles. The van der Waals surface area contributed by atoms with Crippen LogP contribution in [0.3, 0.4) is 0 Å². The predicted molar refractivity (Wildman–Crippen MR) is 121 cm³/mol. The lowest BCUT2D eigenvalue weighted by molar-refractivity contribution is -0.146. The molecule has 0 saturated heterocycles. The summed E-state index contributed by atoms with van der Waals surface area (Å²) in [5, 5.41) is 0. The molecule has 6 heteroatoms. The molecule has 2 aromatic carbocycles. The van der Waals surface area contributed by atoms with Gasteiger partial charge in [-0.3, -0.25) is 4.79 Å². The monoisotopic (exact) mass is 507 g/mol. The smallest absolute Gasteiger partial charge is 0.419 e. The second-order valence-corrected chi connectivity index (χ2v) is 9.30. The Morgan fingerprint density at radius 2 is 1.55 bits per heavy atom. The lowest BCUT2D eigenvalue weighted by Gasteiger charge is -2.27. The highest BCUT2D eigenvalue weighted by Gasteiger charge is 2.38. The van der Waals surface area contributed by atoms with Crippen molar-refractivity contribution in [2.75, 3.05) is 13.7 Å². The fraction of sp³-hybridized carbons (Fsp3) is 0.391. The third-order valence-corrected chi connectivity index (χ3v) is 5.89. The van der Waals surface area contributed by atoms with E-state index < -0.39 is 17.6 Å². The van der Waals surface area contributed by atoms with Crippen molar-refractivity contribution < 1.29 is 19.1 Å². The number of amides is 1. The molecule has 0 spiro atoms. The summed E-state index contributed by atoms with van der Waals surface area (Å²) in [7, 11) is 1.41. The van der Waals surface area contributed by atoms with Crippen molar-refractivity contribution in [3.8, 4) is 11.1 Å². The summed E-state index contributed by atoms with van der Waals surface area (Å²) in [5.41, 5.74) is 4.00. The first kappa shape index (κ1) is 21.6. The molecule has 5 nitrogen and oxygen atoms in total. The Bertz CT molecular complexity index is 860. The van der Waals surface area contributed by atoms with Gasteiger partial charge in [0.05, 0.1) is 35.9 Å². The maximum Gasteiger partial charge on any atom is 0.419 e. The standard InChI is InChI=1S/C23H26INO4/c1-23(2,3)29-22(27)25(24)14-13-19(21(26)28-4)20-17-11-7-5-9-15(17)16-10-6-8-12-18(16)20/h5-12,19-20H,13-14H2,1-4H3. The number of carbonyl (C=O) groups excluding carboxylic acids is 2. The van der Waals surface area contributed by atoms with Gasteiger partial charge in [-0.1, -0.05) is 48.5 Å². The minimum atomic E-state index is -0.564. The number of nitrogens with zero attached hydrogens (tertiary/aromatic N) is 1. The molecule has 154 valence electrons. The van der Waals surface area contributed by atoms with Gasteiger partial charge in [-0.15, -0.1) is 0 Å². The molecule has 2 aromatic rings. The lowest BCUT2D eigenvalue weighted by atomic mass is 9.82. The number of benzene rings is 2. The summed E-state index contributed by atoms with van der Waals surface area (Å²) in [6, 6.07) is 16.4. The second kappa shape index (κ2) is 8.73. The van der Waals surface area contributed by atoms with Gasteiger partial charge in [-0.05, 0) is 49.4 Å². The fourth-order valence-corrected chi connectivity index (χ4v) is 4.23. The van der Waals surface area contributed by atoms with Crippen LogP contribution in [0.25, 0.3) is 11.1 Å². The van der Waals surface area contributed by atoms with Gasteiger partial charge in [0.2, 0.25) is 0 Å². The minimum absolute atomic E-state index is 0.0988. The molecule has 0 fully saturated rings. The number of ether oxygens (including phenoxy) is 2. The zero-order valence-electron chi connectivity index (χ0n) is 17.1. The number of rotatable bonds is 5. The Balaban J connectivity index is 1.87. The van der Waals surface area contributed by atoms with Crippen LogP contribution >= 0.6 is 22.9 Å². The maximum atomic E-state index is 12.8. The molecule has 0 saturated carbocycles. The second-order valence-electron chi connectivity index (χ2n) is 8.14. The molecule has 1 aliphatic carbocycles. The van der Waals surface area contributed by atoms with Gasteiger partial charge < -0.3 is 9.47 Å². The average molecular weight is 507 g/mol. The van der Waals surface area contributed by atoms with Crippen molar-refractivity contribution >= 4 is 34.9 Å². The van der Waals surface area contributed by atoms with Gasteiger partial charge in [0.15, 0.2) is 0 Å². The third-order valence-electron chi connectivity index (χ3n) is 5.02. The summed E-state index contributed by atoms with van der Waals surface area (Å²) in [6.07, 6.45) is 0.0660. The van der Waals surface area contributed by atoms with E-state index in [2.05, 4.69) is 24.3 Å². The Labute approximate surface area is 185 Å². The number of methoxy groups -OCH3 is 1. The molecule has 3 rings (SSSR count). The molecule has 0 radical (unpaired) electrons. The molecule has 1 atom stereocenters. The number of carbonyl (C=O) groups is 2. The van der Waals surface area contributed by atoms with Crippen molar-refractivity contribution in [3.05, 3.63) is 59.7 Å². The van der Waals surface area contributed by atoms with E-state index in [0.29, 0.717) is 13.0 Å². The predicted octanol–water partition coefficient (Wildman–Crippen LogP) is 5.57. The normalized spacial score (nSPS) is 14.0. The first-order valence-electron chi connectivity index (χ1n) is 9.65. The average Bonchev–Trinajstić information content (AvgIpc) is 3.01. The quantitative estimate of drug-likeness (QED) is 0.302. The zero-order valence-corrected chi connectivity index (χ0v) is 19.3. The van der Waals surface area contributed by atoms with E-state index in [0.717, 1.165) is 22.3 Å². The van der Waals surface area contributed by atoms with E-state index in [-0.39, 0.29) is 11.9 Å². The molecule has 1 amide bonds. The van der Waals surface area contributed by atoms with Crippen LogP contribution in [0.4, 0.5) is 4.79 Å². The maximum absolute atomic E-state index is 12.8. The fourth-order valence-electron chi connectivity index (χ4n) is 3.86. The van der Waals surface area contributed by atoms with E-state index in [9.17, 15) is 9.59 Å². The van der Waals surface area contributed by atoms with Gasteiger partial charge in [-0.25, -0.2) is 7.91 Å². The highest BCUT2D eigenvalue weighted by Crippen LogP contribution is 2.49. The largest absolute Gasteiger partial charge is 0.469 e. The van der Waals surface area contributed by atoms with Crippen LogP contribution in [0.15, 0.2) is 48.5 Å². The van der Waals surface area contributed by atoms with Gasteiger partial charge in [-0.2, -0.15) is 0 Å². The van der Waals surface area contributed by atoms with Crippen molar-refractivity contribution in [3.63, 3.8) is 0 Å². The topological polar surface area (TPSA) is 55.8 Å². The van der Waals surface area contributed by atoms with Crippen molar-refractivity contribution in [2.24, 2.45) is 5.92 Å². The van der Waals surface area contributed by atoms with Crippen molar-refractivity contribution in [2.45, 2.75) is 38.7 Å². The van der Waals surface area contributed by atoms with Crippen molar-refractivity contribution in [1.82, 2.24) is 3.11 Å². The molecule has 1 unspecified atom stereocenters. The molecule has 1 aliphatic rings. The van der Waals surface area contributed by atoms with Gasteiger partial charge >= 0.3 is 12.1 Å². The SMILES string of the molecule is COC(=O)C(CCN(I)C(=O)OC(C)(C)C)C1c2ccccc2-c2ccccc21. The molecular formula is C23H26INO4. The van der Waals surface area contributed by atoms with Crippen LogP contribution in [0, 0.1) is 5.92 Å². The number of hydrogen-bond donors (Lipinski definition) is 0. The van der Waals surface area contributed by atoms with Crippen LogP contribution in [0.1, 0.15) is 44.2 Å². The van der Waals surface area contributed by atoms with Crippen LogP contribution in [-0.2, 0) is 14.3 Å². The van der Waals surface area contributed by atoms with Crippen LogP contribution < -0.4 is 0 Å². The Morgan fingerprint density at radius 1 is 1.03 bits per heavy atom. The Morgan fingerprint density at radius 3 is 2.03 bits per heavy atom. The molecule has 0 heterocycles. The molecule has 29 heavy (non-hydrogen) atoms. The first-order chi connectivity index (χ1) is 13.7. The molecule has 0 N–H and O–H groups in total. The summed E-state index contributed by atoms with van der Waals surface area (Å²) in [5.74, 6) is -0.765. The van der Waals surface area contributed by atoms with E-state index in [4.69, 9.17) is 9.47 Å². The number of esters is 1. The number of fused-ring (bicyclic) bond motifs is 3. The van der Waals surface area contributed by atoms with Crippen LogP contribution in [0.2, 0.25) is 0 Å². The van der Waals surface area contributed by atoms with Crippen molar-refractivity contribution in [1.29, 1.82) is 0 Å². The van der Waals surface area contributed by atoms with Gasteiger partial charge in [0, 0.05) is 12.5 Å². The lowest BCUT2D eigenvalue weighted by Crippen LogP contribution is -2.33. The Kier molecular flexibility index (Phi) is 6.51. The third kappa shape index (κ3) is 4.74. The zero-order chi connectivity index (χ0) is 21.2. The van der Waals surface area contributed by atoms with E-state index in [1.807, 2.05) is 67.9 Å². The van der Waals surface area contributed by atoms with E-state index >= 15 is 0 Å². The summed E-state index contributed by atoms with van der Waals surface area (Å²) in [6.45, 7) is 5.88. The van der Waals surface area contributed by atoms with Crippen LogP contribution in [0.5, 0.6) is 0 Å². The Hall–Kier alpha value is -2.09. The summed E-state index contributed by atoms with van der Waals surface area (Å²) in [4.78, 5) is 25.1. The van der Waals surface area contributed by atoms with E-state index in [1.165, 1.54) is 10.2 Å². The molecule has 0 bridgehead atoms. The van der Waals surface area contributed by atoms with E-state index in [1.54, 1.807) is 0 Å². The summed E-state index contributed by atoms with van der Waals surface area (Å²) < 4.78 is 12.1. The molecular weight excluding hydrogens is 481 g/mol.